The van der Waals surface area contributed by atoms with E-state index in [0.29, 0.717) is 34.2 Å². The summed E-state index contributed by atoms with van der Waals surface area (Å²) in [5, 5.41) is 4.99. The summed E-state index contributed by atoms with van der Waals surface area (Å²) in [5.41, 5.74) is 1.81. The zero-order chi connectivity index (χ0) is 22.9. The van der Waals surface area contributed by atoms with Crippen LogP contribution in [0.4, 0.5) is 5.00 Å². The van der Waals surface area contributed by atoms with Crippen molar-refractivity contribution >= 4 is 28.2 Å². The molecule has 1 aromatic heterocycles. The van der Waals surface area contributed by atoms with Gasteiger partial charge in [-0.15, -0.1) is 11.3 Å². The Hall–Kier alpha value is -3.52. The van der Waals surface area contributed by atoms with Crippen LogP contribution in [0.2, 0.25) is 0 Å². The third-order valence-electron chi connectivity index (χ3n) is 4.43. The van der Waals surface area contributed by atoms with Crippen LogP contribution in [0.5, 0.6) is 17.2 Å². The second-order valence-electron chi connectivity index (χ2n) is 6.52. The number of para-hydroxylation sites is 2. The maximum absolute atomic E-state index is 12.7. The molecule has 0 aliphatic carbocycles. The highest BCUT2D eigenvalue weighted by Gasteiger charge is 2.23. The highest BCUT2D eigenvalue weighted by molar-refractivity contribution is 7.15. The van der Waals surface area contributed by atoms with E-state index in [1.807, 2.05) is 42.6 Å². The maximum atomic E-state index is 12.7. The molecule has 7 nitrogen and oxygen atoms in total. The van der Waals surface area contributed by atoms with E-state index in [0.717, 1.165) is 11.3 Å². The molecular weight excluding hydrogens is 430 g/mol. The number of benzene rings is 2. The lowest BCUT2D eigenvalue weighted by atomic mass is 10.0. The van der Waals surface area contributed by atoms with Crippen LogP contribution < -0.4 is 19.5 Å². The third-order valence-corrected chi connectivity index (χ3v) is 5.32. The van der Waals surface area contributed by atoms with E-state index in [1.54, 1.807) is 25.1 Å². The van der Waals surface area contributed by atoms with Crippen molar-refractivity contribution in [1.82, 2.24) is 0 Å². The molecule has 0 bridgehead atoms. The van der Waals surface area contributed by atoms with Gasteiger partial charge in [-0.3, -0.25) is 4.79 Å². The largest absolute Gasteiger partial charge is 0.494 e. The molecule has 1 heterocycles. The summed E-state index contributed by atoms with van der Waals surface area (Å²) in [6.45, 7) is 4.21. The molecule has 0 aliphatic heterocycles. The Labute approximate surface area is 190 Å². The average molecular weight is 456 g/mol. The standard InChI is InChI=1S/C24H25NO6S/c1-4-29-17-12-10-16(11-13-17)18-15-32-23(22(18)24(27)30-5-2)25-21(26)14-31-20-9-7-6-8-19(20)28-3/h6-13,15H,4-5,14H2,1-3H3,(H,25,26). The minimum atomic E-state index is -0.501. The number of thiophene rings is 1. The molecule has 0 fully saturated rings. The SMILES string of the molecule is CCOC(=O)c1c(-c2ccc(OCC)cc2)csc1NC(=O)COc1ccccc1OC. The van der Waals surface area contributed by atoms with Crippen LogP contribution in [0.1, 0.15) is 24.2 Å². The molecule has 3 aromatic rings. The zero-order valence-electron chi connectivity index (χ0n) is 18.2. The van der Waals surface area contributed by atoms with Crippen molar-refractivity contribution in [3.05, 3.63) is 59.5 Å². The van der Waals surface area contributed by atoms with Crippen LogP contribution in [-0.2, 0) is 9.53 Å². The molecule has 0 spiro atoms. The number of nitrogens with one attached hydrogen (secondary N) is 1. The molecule has 1 amide bonds. The van der Waals surface area contributed by atoms with Crippen molar-refractivity contribution in [2.24, 2.45) is 0 Å². The van der Waals surface area contributed by atoms with Gasteiger partial charge in [0.1, 0.15) is 16.3 Å². The monoisotopic (exact) mass is 455 g/mol. The second kappa shape index (κ2) is 11.2. The molecule has 0 unspecified atom stereocenters. The van der Waals surface area contributed by atoms with Gasteiger partial charge in [-0.25, -0.2) is 4.79 Å². The Kier molecular flexibility index (Phi) is 8.10. The lowest BCUT2D eigenvalue weighted by molar-refractivity contribution is -0.118. The Morgan fingerprint density at radius 1 is 0.938 bits per heavy atom. The van der Waals surface area contributed by atoms with Gasteiger partial charge in [-0.1, -0.05) is 24.3 Å². The number of hydrogen-bond donors (Lipinski definition) is 1. The second-order valence-corrected chi connectivity index (χ2v) is 7.40. The molecule has 1 N–H and O–H groups in total. The predicted molar refractivity (Wildman–Crippen MR) is 124 cm³/mol. The van der Waals surface area contributed by atoms with Gasteiger partial charge in [0.25, 0.3) is 5.91 Å². The highest BCUT2D eigenvalue weighted by Crippen LogP contribution is 2.37. The first kappa shape index (κ1) is 23.1. The van der Waals surface area contributed by atoms with Crippen LogP contribution in [0, 0.1) is 0 Å². The van der Waals surface area contributed by atoms with Crippen molar-refractivity contribution in [3.8, 4) is 28.4 Å². The quantitative estimate of drug-likeness (QED) is 0.433. The fraction of sp³-hybridized carbons (Fsp3) is 0.250. The van der Waals surface area contributed by atoms with Crippen LogP contribution in [0.25, 0.3) is 11.1 Å². The Balaban J connectivity index is 1.79. The molecule has 0 saturated heterocycles. The minimum absolute atomic E-state index is 0.224. The minimum Gasteiger partial charge on any atom is -0.494 e. The number of carbonyl (C=O) groups is 2. The molecule has 32 heavy (non-hydrogen) atoms. The van der Waals surface area contributed by atoms with Gasteiger partial charge in [-0.05, 0) is 43.7 Å². The fourth-order valence-electron chi connectivity index (χ4n) is 3.01. The molecule has 168 valence electrons. The third kappa shape index (κ3) is 5.59. The van der Waals surface area contributed by atoms with Gasteiger partial charge in [-0.2, -0.15) is 0 Å². The molecule has 2 aromatic carbocycles. The molecular formula is C24H25NO6S. The van der Waals surface area contributed by atoms with E-state index in [9.17, 15) is 9.59 Å². The van der Waals surface area contributed by atoms with E-state index in [-0.39, 0.29) is 13.2 Å². The van der Waals surface area contributed by atoms with Crippen LogP contribution >= 0.6 is 11.3 Å². The lowest BCUT2D eigenvalue weighted by Gasteiger charge is -2.11. The summed E-state index contributed by atoms with van der Waals surface area (Å²) in [4.78, 5) is 25.2. The van der Waals surface area contributed by atoms with E-state index >= 15 is 0 Å². The normalized spacial score (nSPS) is 10.3. The summed E-state index contributed by atoms with van der Waals surface area (Å²) in [5.74, 6) is 0.824. The Morgan fingerprint density at radius 3 is 2.31 bits per heavy atom. The number of rotatable bonds is 10. The number of anilines is 1. The van der Waals surface area contributed by atoms with Gasteiger partial charge in [0.15, 0.2) is 18.1 Å². The summed E-state index contributed by atoms with van der Waals surface area (Å²) in [7, 11) is 1.53. The number of amides is 1. The zero-order valence-corrected chi connectivity index (χ0v) is 19.0. The van der Waals surface area contributed by atoms with E-state index < -0.39 is 11.9 Å². The van der Waals surface area contributed by atoms with Crippen LogP contribution in [0.15, 0.2) is 53.9 Å². The predicted octanol–water partition coefficient (Wildman–Crippen LogP) is 5.02. The Bertz CT molecular complexity index is 1060. The summed E-state index contributed by atoms with van der Waals surface area (Å²) in [6, 6.07) is 14.5. The molecule has 0 saturated carbocycles. The van der Waals surface area contributed by atoms with E-state index in [4.69, 9.17) is 18.9 Å². The molecule has 0 atom stereocenters. The number of hydrogen-bond acceptors (Lipinski definition) is 7. The van der Waals surface area contributed by atoms with Gasteiger partial charge < -0.3 is 24.3 Å². The Morgan fingerprint density at radius 2 is 1.66 bits per heavy atom. The smallest absolute Gasteiger partial charge is 0.341 e. The average Bonchev–Trinajstić information content (AvgIpc) is 3.22. The topological polar surface area (TPSA) is 83.1 Å². The first-order chi connectivity index (χ1) is 15.6. The van der Waals surface area contributed by atoms with E-state index in [2.05, 4.69) is 5.32 Å². The van der Waals surface area contributed by atoms with Crippen LogP contribution in [0.3, 0.4) is 0 Å². The number of ether oxygens (including phenoxy) is 4. The van der Waals surface area contributed by atoms with Gasteiger partial charge in [0.2, 0.25) is 0 Å². The maximum Gasteiger partial charge on any atom is 0.341 e. The highest BCUT2D eigenvalue weighted by atomic mass is 32.1. The first-order valence-electron chi connectivity index (χ1n) is 10.1. The van der Waals surface area contributed by atoms with Gasteiger partial charge >= 0.3 is 5.97 Å². The van der Waals surface area contributed by atoms with Crippen molar-refractivity contribution in [1.29, 1.82) is 0 Å². The summed E-state index contributed by atoms with van der Waals surface area (Å²) in [6.07, 6.45) is 0. The van der Waals surface area contributed by atoms with Crippen LogP contribution in [-0.4, -0.2) is 38.8 Å². The van der Waals surface area contributed by atoms with Crippen molar-refractivity contribution < 1.29 is 28.5 Å². The molecule has 3 rings (SSSR count). The van der Waals surface area contributed by atoms with Gasteiger partial charge in [0, 0.05) is 10.9 Å². The van der Waals surface area contributed by atoms with E-state index in [1.165, 1.54) is 18.4 Å². The molecule has 0 aliphatic rings. The summed E-state index contributed by atoms with van der Waals surface area (Å²) >= 11 is 1.25. The van der Waals surface area contributed by atoms with Crippen molar-refractivity contribution in [2.45, 2.75) is 13.8 Å². The van der Waals surface area contributed by atoms with Gasteiger partial charge in [0.05, 0.1) is 20.3 Å². The van der Waals surface area contributed by atoms with Crippen molar-refractivity contribution in [3.63, 3.8) is 0 Å². The first-order valence-corrected chi connectivity index (χ1v) is 11.0. The number of methoxy groups -OCH3 is 1. The lowest BCUT2D eigenvalue weighted by Crippen LogP contribution is -2.21. The van der Waals surface area contributed by atoms with Crippen molar-refractivity contribution in [2.75, 3.05) is 32.2 Å². The number of esters is 1. The summed E-state index contributed by atoms with van der Waals surface area (Å²) < 4.78 is 21.5. The molecule has 8 heteroatoms. The molecule has 0 radical (unpaired) electrons. The number of carbonyl (C=O) groups excluding carboxylic acids is 2. The fourth-order valence-corrected chi connectivity index (χ4v) is 3.98.